The van der Waals surface area contributed by atoms with Gasteiger partial charge in [0.25, 0.3) is 0 Å². The van der Waals surface area contributed by atoms with Crippen LogP contribution in [0.2, 0.25) is 0 Å². The van der Waals surface area contributed by atoms with Crippen molar-refractivity contribution in [3.63, 3.8) is 0 Å². The van der Waals surface area contributed by atoms with Crippen LogP contribution in [0.1, 0.15) is 28.6 Å². The lowest BCUT2D eigenvalue weighted by atomic mass is 9.78. The fourth-order valence-electron chi connectivity index (χ4n) is 4.14. The second-order valence-electron chi connectivity index (χ2n) is 8.65. The molecule has 1 unspecified atom stereocenters. The molecule has 0 radical (unpaired) electrons. The molecule has 5 nitrogen and oxygen atoms in total. The summed E-state index contributed by atoms with van der Waals surface area (Å²) >= 11 is 1.66. The molecule has 0 bridgehead atoms. The van der Waals surface area contributed by atoms with Crippen LogP contribution in [0.25, 0.3) is 10.2 Å². The molecule has 1 amide bonds. The molecule has 3 aromatic carbocycles. The number of carbonyl (C=O) groups excluding carboxylic acids is 1. The quantitative estimate of drug-likeness (QED) is 0.335. The van der Waals surface area contributed by atoms with Crippen molar-refractivity contribution in [3.05, 3.63) is 119 Å². The number of rotatable bonds is 8. The van der Waals surface area contributed by atoms with Gasteiger partial charge in [0.05, 0.1) is 27.2 Å². The molecule has 34 heavy (non-hydrogen) atoms. The second kappa shape index (κ2) is 9.61. The Labute approximate surface area is 203 Å². The van der Waals surface area contributed by atoms with Crippen molar-refractivity contribution in [1.29, 1.82) is 0 Å². The normalized spacial score (nSPS) is 13.0. The summed E-state index contributed by atoms with van der Waals surface area (Å²) in [7, 11) is 0. The Hall–Kier alpha value is -3.77. The molecule has 2 aromatic heterocycles. The first-order chi connectivity index (χ1) is 16.6. The van der Waals surface area contributed by atoms with E-state index in [2.05, 4.69) is 40.7 Å². The largest absolute Gasteiger partial charge is 0.351 e. The van der Waals surface area contributed by atoms with Crippen molar-refractivity contribution < 1.29 is 4.79 Å². The summed E-state index contributed by atoms with van der Waals surface area (Å²) in [4.78, 5) is 18.4. The van der Waals surface area contributed by atoms with Gasteiger partial charge in [0, 0.05) is 25.4 Å². The minimum absolute atomic E-state index is 0.00132. The average molecular weight is 467 g/mol. The number of benzene rings is 3. The number of hydrogen-bond donors (Lipinski definition) is 1. The van der Waals surface area contributed by atoms with E-state index in [1.54, 1.807) is 17.5 Å². The summed E-state index contributed by atoms with van der Waals surface area (Å²) in [6.07, 6.45) is 4.27. The number of nitrogens with one attached hydrogen (secondary N) is 1. The van der Waals surface area contributed by atoms with Crippen LogP contribution in [0, 0.1) is 0 Å². The number of para-hydroxylation sites is 1. The average Bonchev–Trinajstić information content (AvgIpc) is 3.53. The summed E-state index contributed by atoms with van der Waals surface area (Å²) in [5, 5.41) is 8.39. The van der Waals surface area contributed by atoms with Crippen LogP contribution in [0.5, 0.6) is 0 Å². The van der Waals surface area contributed by atoms with Crippen LogP contribution < -0.4 is 5.32 Å². The zero-order chi connectivity index (χ0) is 23.4. The van der Waals surface area contributed by atoms with Crippen LogP contribution >= 0.6 is 11.3 Å². The molecule has 0 aliphatic carbocycles. The molecule has 6 heteroatoms. The Morgan fingerprint density at radius 3 is 2.41 bits per heavy atom. The van der Waals surface area contributed by atoms with Crippen molar-refractivity contribution >= 4 is 27.5 Å². The van der Waals surface area contributed by atoms with E-state index in [1.807, 2.05) is 72.4 Å². The Morgan fingerprint density at radius 1 is 0.941 bits per heavy atom. The summed E-state index contributed by atoms with van der Waals surface area (Å²) in [5.74, 6) is -0.00132. The predicted molar refractivity (Wildman–Crippen MR) is 137 cm³/mol. The van der Waals surface area contributed by atoms with Gasteiger partial charge in [0.15, 0.2) is 0 Å². The van der Waals surface area contributed by atoms with Crippen LogP contribution in [-0.2, 0) is 29.7 Å². The van der Waals surface area contributed by atoms with E-state index >= 15 is 0 Å². The standard InChI is InChI=1S/C28H26N4OS/c1-28(23-8-3-2-4-9-23,18-26-31-24-10-5-6-11-25(24)34-26)27(33)29-19-21-12-14-22(15-13-21)20-32-17-7-16-30-32/h2-17H,18-20H2,1H3,(H,29,33). The van der Waals surface area contributed by atoms with Gasteiger partial charge in [0.2, 0.25) is 5.91 Å². The van der Waals surface area contributed by atoms with Crippen LogP contribution in [0.4, 0.5) is 0 Å². The number of thiazole rings is 1. The topological polar surface area (TPSA) is 59.8 Å². The Kier molecular flexibility index (Phi) is 6.23. The SMILES string of the molecule is CC(Cc1nc2ccccc2s1)(C(=O)NCc1ccc(Cn2cccn2)cc1)c1ccccc1. The minimum atomic E-state index is -0.727. The molecule has 170 valence electrons. The molecule has 1 atom stereocenters. The van der Waals surface area contributed by atoms with E-state index in [-0.39, 0.29) is 5.91 Å². The van der Waals surface area contributed by atoms with E-state index in [4.69, 9.17) is 4.98 Å². The van der Waals surface area contributed by atoms with Gasteiger partial charge < -0.3 is 5.32 Å². The Morgan fingerprint density at radius 2 is 1.68 bits per heavy atom. The zero-order valence-electron chi connectivity index (χ0n) is 19.0. The number of carbonyl (C=O) groups is 1. The van der Waals surface area contributed by atoms with Gasteiger partial charge in [-0.3, -0.25) is 9.48 Å². The van der Waals surface area contributed by atoms with E-state index in [0.29, 0.717) is 13.0 Å². The lowest BCUT2D eigenvalue weighted by Gasteiger charge is -2.28. The van der Waals surface area contributed by atoms with Gasteiger partial charge in [-0.05, 0) is 41.8 Å². The molecular formula is C28H26N4OS. The highest BCUT2D eigenvalue weighted by molar-refractivity contribution is 7.18. The van der Waals surface area contributed by atoms with Gasteiger partial charge >= 0.3 is 0 Å². The summed E-state index contributed by atoms with van der Waals surface area (Å²) < 4.78 is 3.04. The summed E-state index contributed by atoms with van der Waals surface area (Å²) in [6.45, 7) is 3.22. The highest BCUT2D eigenvalue weighted by atomic mass is 32.1. The molecule has 5 aromatic rings. The summed E-state index contributed by atoms with van der Waals surface area (Å²) in [5.41, 5.74) is 3.47. The highest BCUT2D eigenvalue weighted by Gasteiger charge is 2.36. The van der Waals surface area contributed by atoms with E-state index in [1.165, 1.54) is 5.56 Å². The molecule has 0 aliphatic rings. The van der Waals surface area contributed by atoms with Gasteiger partial charge in [0.1, 0.15) is 0 Å². The maximum atomic E-state index is 13.6. The Balaban J connectivity index is 1.32. The van der Waals surface area contributed by atoms with Gasteiger partial charge in [-0.15, -0.1) is 11.3 Å². The number of amides is 1. The van der Waals surface area contributed by atoms with Gasteiger partial charge in [-0.1, -0.05) is 66.7 Å². The molecule has 5 rings (SSSR count). The number of nitrogens with zero attached hydrogens (tertiary/aromatic N) is 3. The van der Waals surface area contributed by atoms with Crippen molar-refractivity contribution in [2.75, 3.05) is 0 Å². The van der Waals surface area contributed by atoms with Crippen molar-refractivity contribution in [2.24, 2.45) is 0 Å². The first-order valence-corrected chi connectivity index (χ1v) is 12.2. The zero-order valence-corrected chi connectivity index (χ0v) is 19.8. The molecule has 0 saturated heterocycles. The maximum absolute atomic E-state index is 13.6. The molecule has 0 fully saturated rings. The van der Waals surface area contributed by atoms with Crippen LogP contribution in [0.15, 0.2) is 97.3 Å². The van der Waals surface area contributed by atoms with Crippen molar-refractivity contribution in [2.45, 2.75) is 31.8 Å². The van der Waals surface area contributed by atoms with Gasteiger partial charge in [-0.2, -0.15) is 5.10 Å². The minimum Gasteiger partial charge on any atom is -0.351 e. The molecule has 0 aliphatic heterocycles. The third-order valence-electron chi connectivity index (χ3n) is 6.13. The Bertz CT molecular complexity index is 1340. The number of fused-ring (bicyclic) bond motifs is 1. The number of aromatic nitrogens is 3. The highest BCUT2D eigenvalue weighted by Crippen LogP contribution is 2.32. The van der Waals surface area contributed by atoms with Crippen LogP contribution in [-0.4, -0.2) is 20.7 Å². The first-order valence-electron chi connectivity index (χ1n) is 11.3. The van der Waals surface area contributed by atoms with E-state index in [9.17, 15) is 4.79 Å². The lowest BCUT2D eigenvalue weighted by Crippen LogP contribution is -2.43. The van der Waals surface area contributed by atoms with Crippen LogP contribution in [0.3, 0.4) is 0 Å². The third-order valence-corrected chi connectivity index (χ3v) is 7.17. The summed E-state index contributed by atoms with van der Waals surface area (Å²) in [6, 6.07) is 28.3. The van der Waals surface area contributed by atoms with E-state index in [0.717, 1.165) is 32.9 Å². The molecule has 0 spiro atoms. The van der Waals surface area contributed by atoms with Crippen molar-refractivity contribution in [1.82, 2.24) is 20.1 Å². The monoisotopic (exact) mass is 466 g/mol. The molecule has 0 saturated carbocycles. The fraction of sp³-hybridized carbons (Fsp3) is 0.179. The molecule has 1 N–H and O–H groups in total. The molecule has 2 heterocycles. The third kappa shape index (κ3) is 4.77. The first kappa shape index (κ1) is 22.0. The lowest BCUT2D eigenvalue weighted by molar-refractivity contribution is -0.126. The predicted octanol–water partition coefficient (Wildman–Crippen LogP) is 5.36. The molecular weight excluding hydrogens is 440 g/mol. The van der Waals surface area contributed by atoms with Gasteiger partial charge in [-0.25, -0.2) is 4.98 Å². The second-order valence-corrected chi connectivity index (χ2v) is 9.77. The van der Waals surface area contributed by atoms with E-state index < -0.39 is 5.41 Å². The fourth-order valence-corrected chi connectivity index (χ4v) is 5.26. The smallest absolute Gasteiger partial charge is 0.231 e. The maximum Gasteiger partial charge on any atom is 0.231 e. The number of hydrogen-bond acceptors (Lipinski definition) is 4. The van der Waals surface area contributed by atoms with Crippen molar-refractivity contribution in [3.8, 4) is 0 Å².